The molecule has 0 bridgehead atoms. The van der Waals surface area contributed by atoms with E-state index in [9.17, 15) is 9.59 Å². The molecule has 160 valence electrons. The van der Waals surface area contributed by atoms with Gasteiger partial charge in [-0.3, -0.25) is 9.69 Å². The monoisotopic (exact) mass is 399 g/mol. The number of carbonyl (C=O) groups is 2. The molecular formula is C24H37N3O2. The van der Waals surface area contributed by atoms with Crippen LogP contribution in [0.4, 0.5) is 5.69 Å². The van der Waals surface area contributed by atoms with Crippen LogP contribution in [0.5, 0.6) is 0 Å². The minimum atomic E-state index is 0.167. The van der Waals surface area contributed by atoms with Crippen molar-refractivity contribution in [3.63, 3.8) is 0 Å². The number of amides is 1. The first-order valence-corrected chi connectivity index (χ1v) is 11.3. The molecule has 0 N–H and O–H groups in total. The predicted molar refractivity (Wildman–Crippen MR) is 118 cm³/mol. The second kappa shape index (κ2) is 10.8. The molecule has 1 amide bonds. The third-order valence-electron chi connectivity index (χ3n) is 6.49. The summed E-state index contributed by atoms with van der Waals surface area (Å²) < 4.78 is 0. The number of aryl methyl sites for hydroxylation is 1. The van der Waals surface area contributed by atoms with Gasteiger partial charge in [0.05, 0.1) is 0 Å². The standard InChI is InChI=1S/C21H31N3O.C3H6O/c25-17-23-11-8-18(9-12-23)7-10-22-13-15-24(16-14-22)21-6-2-4-19-3-1-5-20(19)21;1-3(2)4/h2,4,6,17-18H,1,3,5,7-16H2;1-2H3. The van der Waals surface area contributed by atoms with E-state index in [-0.39, 0.29) is 5.78 Å². The quantitative estimate of drug-likeness (QED) is 0.714. The van der Waals surface area contributed by atoms with Crippen LogP contribution in [0, 0.1) is 5.92 Å². The molecule has 5 nitrogen and oxygen atoms in total. The summed E-state index contributed by atoms with van der Waals surface area (Å²) in [6, 6.07) is 6.90. The van der Waals surface area contributed by atoms with Gasteiger partial charge in [-0.05, 0) is 82.0 Å². The van der Waals surface area contributed by atoms with Gasteiger partial charge in [-0.15, -0.1) is 0 Å². The van der Waals surface area contributed by atoms with Crippen LogP contribution in [0.1, 0.15) is 50.7 Å². The third kappa shape index (κ3) is 6.30. The molecule has 29 heavy (non-hydrogen) atoms. The zero-order valence-electron chi connectivity index (χ0n) is 18.2. The number of benzene rings is 1. The molecule has 4 rings (SSSR count). The van der Waals surface area contributed by atoms with Crippen molar-refractivity contribution in [1.82, 2.24) is 9.80 Å². The first kappa shape index (κ1) is 21.8. The summed E-state index contributed by atoms with van der Waals surface area (Å²) in [5, 5.41) is 0. The van der Waals surface area contributed by atoms with Gasteiger partial charge in [-0.1, -0.05) is 12.1 Å². The summed E-state index contributed by atoms with van der Waals surface area (Å²) in [5.74, 6) is 0.978. The zero-order valence-corrected chi connectivity index (χ0v) is 18.2. The van der Waals surface area contributed by atoms with Gasteiger partial charge >= 0.3 is 0 Å². The molecule has 1 aliphatic carbocycles. The van der Waals surface area contributed by atoms with Crippen molar-refractivity contribution in [1.29, 1.82) is 0 Å². The number of fused-ring (bicyclic) bond motifs is 1. The van der Waals surface area contributed by atoms with Crippen LogP contribution in [0.15, 0.2) is 18.2 Å². The summed E-state index contributed by atoms with van der Waals surface area (Å²) in [4.78, 5) is 27.4. The number of nitrogens with zero attached hydrogens (tertiary/aromatic N) is 3. The van der Waals surface area contributed by atoms with Crippen LogP contribution < -0.4 is 4.90 Å². The first-order chi connectivity index (χ1) is 14.1. The Kier molecular flexibility index (Phi) is 8.10. The maximum atomic E-state index is 10.8. The topological polar surface area (TPSA) is 43.9 Å². The molecule has 0 atom stereocenters. The molecule has 0 aromatic heterocycles. The Labute approximate surface area is 176 Å². The normalized spacial score (nSPS) is 20.1. The second-order valence-electron chi connectivity index (χ2n) is 8.88. The van der Waals surface area contributed by atoms with Crippen LogP contribution >= 0.6 is 0 Å². The van der Waals surface area contributed by atoms with Gasteiger partial charge in [0, 0.05) is 45.0 Å². The summed E-state index contributed by atoms with van der Waals surface area (Å²) in [6.07, 6.45) is 8.55. The Morgan fingerprint density at radius 1 is 1.03 bits per heavy atom. The predicted octanol–water partition coefficient (Wildman–Crippen LogP) is 3.15. The summed E-state index contributed by atoms with van der Waals surface area (Å²) in [7, 11) is 0. The summed E-state index contributed by atoms with van der Waals surface area (Å²) in [6.45, 7) is 10.9. The fourth-order valence-corrected chi connectivity index (χ4v) is 4.82. The van der Waals surface area contributed by atoms with E-state index in [4.69, 9.17) is 0 Å². The lowest BCUT2D eigenvalue weighted by Gasteiger charge is -2.38. The Balaban J connectivity index is 0.000000552. The molecule has 5 heteroatoms. The van der Waals surface area contributed by atoms with E-state index in [1.807, 2.05) is 4.90 Å². The van der Waals surface area contributed by atoms with E-state index in [0.717, 1.165) is 25.4 Å². The van der Waals surface area contributed by atoms with Crippen molar-refractivity contribution >= 4 is 17.9 Å². The average molecular weight is 400 g/mol. The van der Waals surface area contributed by atoms with E-state index < -0.39 is 0 Å². The lowest BCUT2D eigenvalue weighted by atomic mass is 9.93. The van der Waals surface area contributed by atoms with Gasteiger partial charge in [0.2, 0.25) is 6.41 Å². The minimum Gasteiger partial charge on any atom is -0.369 e. The number of piperidine rings is 1. The van der Waals surface area contributed by atoms with Crippen molar-refractivity contribution in [3.05, 3.63) is 29.3 Å². The number of anilines is 1. The molecule has 2 heterocycles. The highest BCUT2D eigenvalue weighted by molar-refractivity contribution is 5.72. The summed E-state index contributed by atoms with van der Waals surface area (Å²) in [5.41, 5.74) is 4.72. The molecule has 0 saturated carbocycles. The van der Waals surface area contributed by atoms with Crippen molar-refractivity contribution in [2.45, 2.75) is 52.4 Å². The highest BCUT2D eigenvalue weighted by Gasteiger charge is 2.23. The van der Waals surface area contributed by atoms with E-state index in [2.05, 4.69) is 28.0 Å². The number of ketones is 1. The molecule has 2 aliphatic heterocycles. The summed E-state index contributed by atoms with van der Waals surface area (Å²) >= 11 is 0. The van der Waals surface area contributed by atoms with E-state index >= 15 is 0 Å². The number of rotatable bonds is 5. The van der Waals surface area contributed by atoms with E-state index in [1.54, 1.807) is 11.1 Å². The van der Waals surface area contributed by atoms with E-state index in [0.29, 0.717) is 0 Å². The molecule has 0 spiro atoms. The lowest BCUT2D eigenvalue weighted by Crippen LogP contribution is -2.47. The Bertz CT molecular complexity index is 671. The second-order valence-corrected chi connectivity index (χ2v) is 8.88. The van der Waals surface area contributed by atoms with E-state index in [1.165, 1.54) is 90.8 Å². The molecule has 2 saturated heterocycles. The molecule has 2 fully saturated rings. The Morgan fingerprint density at radius 2 is 1.72 bits per heavy atom. The Hall–Kier alpha value is -1.88. The van der Waals surface area contributed by atoms with Crippen LogP contribution in [-0.4, -0.2) is 67.8 Å². The fraction of sp³-hybridized carbons (Fsp3) is 0.667. The van der Waals surface area contributed by atoms with Crippen LogP contribution in [0.25, 0.3) is 0 Å². The van der Waals surface area contributed by atoms with Crippen LogP contribution in [-0.2, 0) is 22.4 Å². The average Bonchev–Trinajstić information content (AvgIpc) is 3.22. The van der Waals surface area contributed by atoms with Crippen LogP contribution in [0.2, 0.25) is 0 Å². The van der Waals surface area contributed by atoms with Crippen molar-refractivity contribution in [2.24, 2.45) is 5.92 Å². The van der Waals surface area contributed by atoms with Gasteiger partial charge in [-0.2, -0.15) is 0 Å². The van der Waals surface area contributed by atoms with Gasteiger partial charge in [0.25, 0.3) is 0 Å². The van der Waals surface area contributed by atoms with Gasteiger partial charge < -0.3 is 14.6 Å². The third-order valence-corrected chi connectivity index (χ3v) is 6.49. The van der Waals surface area contributed by atoms with Crippen LogP contribution in [0.3, 0.4) is 0 Å². The zero-order chi connectivity index (χ0) is 20.6. The molecular weight excluding hydrogens is 362 g/mol. The minimum absolute atomic E-state index is 0.167. The molecule has 0 radical (unpaired) electrons. The van der Waals surface area contributed by atoms with Gasteiger partial charge in [-0.25, -0.2) is 0 Å². The first-order valence-electron chi connectivity index (χ1n) is 11.3. The number of likely N-dealkylation sites (tertiary alicyclic amines) is 1. The fourth-order valence-electron chi connectivity index (χ4n) is 4.82. The SMILES string of the molecule is CC(C)=O.O=CN1CCC(CCN2CCN(c3cccc4c3CCC4)CC2)CC1. The molecule has 0 unspecified atom stereocenters. The van der Waals surface area contributed by atoms with Gasteiger partial charge in [0.1, 0.15) is 5.78 Å². The van der Waals surface area contributed by atoms with Crippen molar-refractivity contribution in [2.75, 3.05) is 50.7 Å². The number of piperazine rings is 1. The maximum Gasteiger partial charge on any atom is 0.209 e. The molecule has 1 aromatic rings. The van der Waals surface area contributed by atoms with Crippen molar-refractivity contribution in [3.8, 4) is 0 Å². The maximum absolute atomic E-state index is 10.8. The lowest BCUT2D eigenvalue weighted by molar-refractivity contribution is -0.119. The number of carbonyl (C=O) groups excluding carboxylic acids is 2. The molecule has 1 aromatic carbocycles. The number of hydrogen-bond acceptors (Lipinski definition) is 4. The van der Waals surface area contributed by atoms with Gasteiger partial charge in [0.15, 0.2) is 0 Å². The highest BCUT2D eigenvalue weighted by atomic mass is 16.1. The highest BCUT2D eigenvalue weighted by Crippen LogP contribution is 2.32. The number of Topliss-reactive ketones (excluding diaryl/α,β-unsaturated/α-hetero) is 1. The number of hydrogen-bond donors (Lipinski definition) is 0. The smallest absolute Gasteiger partial charge is 0.209 e. The molecule has 3 aliphatic rings. The van der Waals surface area contributed by atoms with Crippen molar-refractivity contribution < 1.29 is 9.59 Å². The largest absolute Gasteiger partial charge is 0.369 e. The Morgan fingerprint density at radius 3 is 2.38 bits per heavy atom.